The van der Waals surface area contributed by atoms with Crippen LogP contribution in [0.2, 0.25) is 0 Å². The van der Waals surface area contributed by atoms with Crippen molar-refractivity contribution in [3.05, 3.63) is 83.9 Å². The van der Waals surface area contributed by atoms with E-state index in [1.54, 1.807) is 0 Å². The summed E-state index contributed by atoms with van der Waals surface area (Å²) in [6.45, 7) is 2.81. The zero-order chi connectivity index (χ0) is 18.9. The van der Waals surface area contributed by atoms with Gasteiger partial charge in [-0.3, -0.25) is 4.90 Å². The van der Waals surface area contributed by atoms with Gasteiger partial charge >= 0.3 is 6.09 Å². The number of hydrogen-bond acceptors (Lipinski definition) is 2. The molecule has 1 aliphatic heterocycles. The van der Waals surface area contributed by atoms with Gasteiger partial charge in [-0.25, -0.2) is 4.79 Å². The summed E-state index contributed by atoms with van der Waals surface area (Å²) in [6.07, 6.45) is 6.37. The van der Waals surface area contributed by atoms with E-state index in [2.05, 4.69) is 83.0 Å². The first-order valence-corrected chi connectivity index (χ1v) is 9.69. The van der Waals surface area contributed by atoms with Gasteiger partial charge in [-0.05, 0) is 30.4 Å². The van der Waals surface area contributed by atoms with E-state index in [1.807, 2.05) is 0 Å². The maximum absolute atomic E-state index is 10.7. The molecule has 1 aliphatic rings. The molecule has 4 nitrogen and oxygen atoms in total. The SMILES string of the molecule is O=C(O)NC1CCN(CC=CCC(c2ccccc2)c2ccccc2)CC1. The Hall–Kier alpha value is -2.59. The van der Waals surface area contributed by atoms with Gasteiger partial charge in [0.2, 0.25) is 0 Å². The first kappa shape index (κ1) is 19.2. The minimum Gasteiger partial charge on any atom is -0.465 e. The van der Waals surface area contributed by atoms with Gasteiger partial charge in [0.25, 0.3) is 0 Å². The lowest BCUT2D eigenvalue weighted by atomic mass is 9.88. The molecule has 1 saturated heterocycles. The second-order valence-electron chi connectivity index (χ2n) is 7.11. The molecule has 2 aromatic carbocycles. The number of benzene rings is 2. The van der Waals surface area contributed by atoms with Gasteiger partial charge in [0.1, 0.15) is 0 Å². The predicted octanol–water partition coefficient (Wildman–Crippen LogP) is 4.50. The van der Waals surface area contributed by atoms with Crippen LogP contribution >= 0.6 is 0 Å². The van der Waals surface area contributed by atoms with E-state index in [9.17, 15) is 4.79 Å². The van der Waals surface area contributed by atoms with Crippen molar-refractivity contribution in [2.75, 3.05) is 19.6 Å². The summed E-state index contributed by atoms with van der Waals surface area (Å²) in [6, 6.07) is 21.4. The lowest BCUT2D eigenvalue weighted by molar-refractivity contribution is 0.173. The summed E-state index contributed by atoms with van der Waals surface area (Å²) < 4.78 is 0. The monoisotopic (exact) mass is 364 g/mol. The molecule has 0 unspecified atom stereocenters. The molecule has 4 heteroatoms. The van der Waals surface area contributed by atoms with Crippen molar-refractivity contribution in [2.24, 2.45) is 0 Å². The Morgan fingerprint density at radius 1 is 1.00 bits per heavy atom. The molecule has 27 heavy (non-hydrogen) atoms. The molecule has 0 spiro atoms. The molecule has 0 saturated carbocycles. The van der Waals surface area contributed by atoms with Crippen LogP contribution in [0.3, 0.4) is 0 Å². The molecule has 1 heterocycles. The number of piperidine rings is 1. The van der Waals surface area contributed by atoms with E-state index < -0.39 is 6.09 Å². The Balaban J connectivity index is 1.53. The van der Waals surface area contributed by atoms with Gasteiger partial charge in [-0.2, -0.15) is 0 Å². The van der Waals surface area contributed by atoms with Crippen molar-refractivity contribution in [3.63, 3.8) is 0 Å². The molecule has 3 rings (SSSR count). The van der Waals surface area contributed by atoms with Crippen LogP contribution in [0.1, 0.15) is 36.3 Å². The number of allylic oxidation sites excluding steroid dienone is 1. The Labute approximate surface area is 161 Å². The molecule has 2 N–H and O–H groups in total. The quantitative estimate of drug-likeness (QED) is 0.712. The van der Waals surface area contributed by atoms with Crippen molar-refractivity contribution >= 4 is 6.09 Å². The minimum absolute atomic E-state index is 0.100. The van der Waals surface area contributed by atoms with E-state index in [4.69, 9.17) is 5.11 Å². The van der Waals surface area contributed by atoms with E-state index in [1.165, 1.54) is 11.1 Å². The van der Waals surface area contributed by atoms with Crippen LogP contribution in [0.25, 0.3) is 0 Å². The molecular formula is C23H28N2O2. The summed E-state index contributed by atoms with van der Waals surface area (Å²) in [5.74, 6) is 0.370. The summed E-state index contributed by atoms with van der Waals surface area (Å²) in [7, 11) is 0. The molecule has 1 fully saturated rings. The highest BCUT2D eigenvalue weighted by atomic mass is 16.4. The average molecular weight is 364 g/mol. The maximum Gasteiger partial charge on any atom is 0.404 e. The Bertz CT molecular complexity index is 683. The third kappa shape index (κ3) is 5.97. The van der Waals surface area contributed by atoms with Crippen LogP contribution < -0.4 is 5.32 Å². The molecule has 0 aromatic heterocycles. The van der Waals surface area contributed by atoms with Crippen molar-refractivity contribution in [1.29, 1.82) is 0 Å². The van der Waals surface area contributed by atoms with Crippen LogP contribution in [0.4, 0.5) is 4.79 Å². The number of carbonyl (C=O) groups is 1. The maximum atomic E-state index is 10.7. The summed E-state index contributed by atoms with van der Waals surface area (Å²) in [5, 5.41) is 11.4. The van der Waals surface area contributed by atoms with E-state index in [0.29, 0.717) is 5.92 Å². The van der Waals surface area contributed by atoms with Crippen molar-refractivity contribution in [1.82, 2.24) is 10.2 Å². The zero-order valence-corrected chi connectivity index (χ0v) is 15.6. The van der Waals surface area contributed by atoms with Gasteiger partial charge in [0, 0.05) is 31.6 Å². The molecule has 0 radical (unpaired) electrons. The predicted molar refractivity (Wildman–Crippen MR) is 109 cm³/mol. The fourth-order valence-electron chi connectivity index (χ4n) is 3.73. The van der Waals surface area contributed by atoms with Gasteiger partial charge < -0.3 is 10.4 Å². The number of hydrogen-bond donors (Lipinski definition) is 2. The standard InChI is InChI=1S/C23H28N2O2/c26-23(27)24-21-14-17-25(18-15-21)16-8-7-13-22(19-9-3-1-4-10-19)20-11-5-2-6-12-20/h1-12,21-22,24H,13-18H2,(H,26,27). The molecule has 0 aliphatic carbocycles. The topological polar surface area (TPSA) is 52.6 Å². The number of amides is 1. The van der Waals surface area contributed by atoms with Gasteiger partial charge in [0.15, 0.2) is 0 Å². The highest BCUT2D eigenvalue weighted by Gasteiger charge is 2.19. The number of rotatable bonds is 7. The van der Waals surface area contributed by atoms with E-state index in [-0.39, 0.29) is 6.04 Å². The number of nitrogens with one attached hydrogen (secondary N) is 1. The van der Waals surface area contributed by atoms with Crippen LogP contribution in [0.5, 0.6) is 0 Å². The largest absolute Gasteiger partial charge is 0.465 e. The highest BCUT2D eigenvalue weighted by molar-refractivity contribution is 5.64. The summed E-state index contributed by atoms with van der Waals surface area (Å²) in [4.78, 5) is 13.1. The van der Waals surface area contributed by atoms with Gasteiger partial charge in [0.05, 0.1) is 0 Å². The molecule has 142 valence electrons. The van der Waals surface area contributed by atoms with E-state index >= 15 is 0 Å². The first-order chi connectivity index (χ1) is 13.2. The van der Waals surface area contributed by atoms with Crippen LogP contribution in [-0.4, -0.2) is 41.8 Å². The number of carboxylic acid groups (broad SMARTS) is 1. The minimum atomic E-state index is -0.916. The lowest BCUT2D eigenvalue weighted by Crippen LogP contribution is -2.44. The number of likely N-dealkylation sites (tertiary alicyclic amines) is 1. The smallest absolute Gasteiger partial charge is 0.404 e. The summed E-state index contributed by atoms with van der Waals surface area (Å²) >= 11 is 0. The average Bonchev–Trinajstić information content (AvgIpc) is 2.70. The van der Waals surface area contributed by atoms with Crippen molar-refractivity contribution in [2.45, 2.75) is 31.2 Å². The molecule has 2 aromatic rings. The van der Waals surface area contributed by atoms with Gasteiger partial charge in [-0.1, -0.05) is 72.8 Å². The first-order valence-electron chi connectivity index (χ1n) is 9.69. The van der Waals surface area contributed by atoms with Crippen molar-refractivity contribution in [3.8, 4) is 0 Å². The lowest BCUT2D eigenvalue weighted by Gasteiger charge is -2.30. The van der Waals surface area contributed by atoms with Crippen LogP contribution in [-0.2, 0) is 0 Å². The van der Waals surface area contributed by atoms with Crippen molar-refractivity contribution < 1.29 is 9.90 Å². The summed E-state index contributed by atoms with van der Waals surface area (Å²) in [5.41, 5.74) is 2.68. The fourth-order valence-corrected chi connectivity index (χ4v) is 3.73. The Morgan fingerprint density at radius 3 is 2.07 bits per heavy atom. The third-order valence-electron chi connectivity index (χ3n) is 5.22. The van der Waals surface area contributed by atoms with Gasteiger partial charge in [-0.15, -0.1) is 0 Å². The highest BCUT2D eigenvalue weighted by Crippen LogP contribution is 2.28. The molecule has 1 amide bonds. The second kappa shape index (κ2) is 9.93. The Morgan fingerprint density at radius 2 is 1.56 bits per heavy atom. The van der Waals surface area contributed by atoms with E-state index in [0.717, 1.165) is 38.9 Å². The fraction of sp³-hybridized carbons (Fsp3) is 0.348. The molecule has 0 bridgehead atoms. The Kier molecular flexibility index (Phi) is 7.05. The molecule has 0 atom stereocenters. The second-order valence-corrected chi connectivity index (χ2v) is 7.11. The number of nitrogens with zero attached hydrogens (tertiary/aromatic N) is 1. The third-order valence-corrected chi connectivity index (χ3v) is 5.22. The molecular weight excluding hydrogens is 336 g/mol. The van der Waals surface area contributed by atoms with Crippen LogP contribution in [0.15, 0.2) is 72.8 Å². The normalized spacial score (nSPS) is 16.0. The zero-order valence-electron chi connectivity index (χ0n) is 15.6. The van der Waals surface area contributed by atoms with Crippen LogP contribution in [0, 0.1) is 0 Å².